The molecule has 0 aromatic rings. The van der Waals surface area contributed by atoms with E-state index < -0.39 is 23.6 Å². The number of rotatable bonds is 4. The lowest BCUT2D eigenvalue weighted by atomic mass is 9.85. The molecule has 0 amide bonds. The maximum absolute atomic E-state index is 11.1. The topological polar surface area (TPSA) is 54.0 Å². The summed E-state index contributed by atoms with van der Waals surface area (Å²) in [5, 5.41) is 0. The van der Waals surface area contributed by atoms with Crippen LogP contribution >= 0.6 is 0 Å². The van der Waals surface area contributed by atoms with Gasteiger partial charge < -0.3 is 18.9 Å². The highest BCUT2D eigenvalue weighted by Gasteiger charge is 2.55. The molecule has 5 heteroatoms. The summed E-state index contributed by atoms with van der Waals surface area (Å²) in [6.07, 6.45) is -0.629. The number of methoxy groups -OCH3 is 2. The molecule has 0 N–H and O–H groups in total. The maximum atomic E-state index is 11.1. The molecule has 0 aromatic heterocycles. The van der Waals surface area contributed by atoms with Gasteiger partial charge in [-0.15, -0.1) is 0 Å². The molecule has 1 saturated heterocycles. The molecule has 1 aliphatic heterocycles. The molecular weight excluding hydrogens is 200 g/mol. The Balaban J connectivity index is 2.77. The zero-order valence-corrected chi connectivity index (χ0v) is 9.83. The first kappa shape index (κ1) is 12.3. The minimum atomic E-state index is -0.735. The van der Waals surface area contributed by atoms with Crippen LogP contribution in [0.1, 0.15) is 27.2 Å². The molecule has 1 aliphatic rings. The van der Waals surface area contributed by atoms with Gasteiger partial charge in [0.2, 0.25) is 0 Å². The molecular formula is C10H18O5. The second-order valence-corrected chi connectivity index (χ2v) is 4.30. The predicted molar refractivity (Wildman–Crippen MR) is 52.5 cm³/mol. The fraction of sp³-hybridized carbons (Fsp3) is 0.900. The van der Waals surface area contributed by atoms with Crippen molar-refractivity contribution in [2.75, 3.05) is 14.2 Å². The van der Waals surface area contributed by atoms with Crippen molar-refractivity contribution < 1.29 is 23.7 Å². The number of carbonyl (C=O) groups is 1. The second kappa shape index (κ2) is 3.98. The molecule has 88 valence electrons. The van der Waals surface area contributed by atoms with Gasteiger partial charge in [0.05, 0.1) is 0 Å². The van der Waals surface area contributed by atoms with E-state index in [0.29, 0.717) is 6.42 Å². The van der Waals surface area contributed by atoms with Crippen molar-refractivity contribution in [1.82, 2.24) is 0 Å². The van der Waals surface area contributed by atoms with Gasteiger partial charge in [0, 0.05) is 20.6 Å². The van der Waals surface area contributed by atoms with Crippen molar-refractivity contribution in [3.63, 3.8) is 0 Å². The van der Waals surface area contributed by atoms with Crippen LogP contribution in [0.5, 0.6) is 0 Å². The van der Waals surface area contributed by atoms with Crippen LogP contribution in [0.25, 0.3) is 0 Å². The summed E-state index contributed by atoms with van der Waals surface area (Å²) in [6.45, 7) is 5.42. The summed E-state index contributed by atoms with van der Waals surface area (Å²) in [7, 11) is 3.09. The van der Waals surface area contributed by atoms with Gasteiger partial charge in [-0.3, -0.25) is 0 Å². The second-order valence-electron chi connectivity index (χ2n) is 4.30. The third-order valence-electron chi connectivity index (χ3n) is 3.00. The number of hydrogen-bond donors (Lipinski definition) is 0. The van der Waals surface area contributed by atoms with E-state index >= 15 is 0 Å². The van der Waals surface area contributed by atoms with E-state index in [4.69, 9.17) is 18.9 Å². The van der Waals surface area contributed by atoms with Crippen LogP contribution in [0.3, 0.4) is 0 Å². The van der Waals surface area contributed by atoms with Crippen LogP contribution in [-0.4, -0.2) is 37.9 Å². The summed E-state index contributed by atoms with van der Waals surface area (Å²) in [5.74, 6) is 0. The lowest BCUT2D eigenvalue weighted by molar-refractivity contribution is -0.150. The highest BCUT2D eigenvalue weighted by atomic mass is 16.8. The normalized spacial score (nSPS) is 29.1. The van der Waals surface area contributed by atoms with Crippen LogP contribution in [-0.2, 0) is 18.9 Å². The highest BCUT2D eigenvalue weighted by molar-refractivity contribution is 5.64. The Bertz CT molecular complexity index is 246. The Morgan fingerprint density at radius 1 is 1.20 bits per heavy atom. The first-order valence-electron chi connectivity index (χ1n) is 4.82. The molecule has 1 atom stereocenters. The zero-order valence-electron chi connectivity index (χ0n) is 9.83. The van der Waals surface area contributed by atoms with Gasteiger partial charge in [-0.2, -0.15) is 0 Å². The minimum Gasteiger partial charge on any atom is -0.424 e. The third kappa shape index (κ3) is 2.23. The van der Waals surface area contributed by atoms with Crippen molar-refractivity contribution in [3.8, 4) is 0 Å². The summed E-state index contributed by atoms with van der Waals surface area (Å²) >= 11 is 0. The lowest BCUT2D eigenvalue weighted by Gasteiger charge is -2.34. The summed E-state index contributed by atoms with van der Waals surface area (Å²) in [6, 6.07) is 0. The lowest BCUT2D eigenvalue weighted by Crippen LogP contribution is -2.47. The Hall–Kier alpha value is -0.810. The van der Waals surface area contributed by atoms with Gasteiger partial charge in [-0.25, -0.2) is 4.79 Å². The van der Waals surface area contributed by atoms with E-state index in [2.05, 4.69) is 0 Å². The van der Waals surface area contributed by atoms with Gasteiger partial charge >= 0.3 is 6.16 Å². The van der Waals surface area contributed by atoms with Crippen molar-refractivity contribution >= 4 is 6.16 Å². The van der Waals surface area contributed by atoms with E-state index in [0.717, 1.165) is 0 Å². The Labute approximate surface area is 89.6 Å². The van der Waals surface area contributed by atoms with Crippen molar-refractivity contribution in [3.05, 3.63) is 0 Å². The average molecular weight is 218 g/mol. The van der Waals surface area contributed by atoms with E-state index in [1.54, 1.807) is 28.1 Å². The van der Waals surface area contributed by atoms with Crippen LogP contribution in [0, 0.1) is 0 Å². The predicted octanol–water partition coefficient (Wildman–Crippen LogP) is 1.70. The smallest absolute Gasteiger partial charge is 0.424 e. The van der Waals surface area contributed by atoms with E-state index in [-0.39, 0.29) is 0 Å². The molecule has 1 unspecified atom stereocenters. The SMILES string of the molecule is COC(CC1(C)OC(=O)OC1(C)C)OC. The first-order chi connectivity index (χ1) is 6.84. The quantitative estimate of drug-likeness (QED) is 0.531. The summed E-state index contributed by atoms with van der Waals surface area (Å²) in [4.78, 5) is 11.1. The van der Waals surface area contributed by atoms with Gasteiger partial charge in [0.25, 0.3) is 0 Å². The van der Waals surface area contributed by atoms with E-state index in [1.165, 1.54) is 0 Å². The molecule has 0 spiro atoms. The number of carbonyl (C=O) groups excluding carboxylic acids is 1. The number of ether oxygens (including phenoxy) is 4. The Morgan fingerprint density at radius 2 is 1.73 bits per heavy atom. The van der Waals surface area contributed by atoms with Crippen LogP contribution < -0.4 is 0 Å². The molecule has 5 nitrogen and oxygen atoms in total. The van der Waals surface area contributed by atoms with Crippen molar-refractivity contribution in [2.24, 2.45) is 0 Å². The van der Waals surface area contributed by atoms with Gasteiger partial charge in [-0.05, 0) is 20.8 Å². The number of hydrogen-bond acceptors (Lipinski definition) is 5. The van der Waals surface area contributed by atoms with E-state index in [9.17, 15) is 4.79 Å². The van der Waals surface area contributed by atoms with Crippen LogP contribution in [0.2, 0.25) is 0 Å². The fourth-order valence-electron chi connectivity index (χ4n) is 1.51. The molecule has 0 saturated carbocycles. The van der Waals surface area contributed by atoms with Gasteiger partial charge in [0.15, 0.2) is 11.9 Å². The Morgan fingerprint density at radius 3 is 2.07 bits per heavy atom. The molecule has 0 aliphatic carbocycles. The standard InChI is InChI=1S/C10H18O5/c1-9(2)10(3,15-8(11)14-9)6-7(12-4)13-5/h7H,6H2,1-5H3. The molecule has 0 radical (unpaired) electrons. The van der Waals surface area contributed by atoms with Crippen molar-refractivity contribution in [1.29, 1.82) is 0 Å². The largest absolute Gasteiger partial charge is 0.509 e. The molecule has 0 aromatic carbocycles. The molecule has 0 bridgehead atoms. The summed E-state index contributed by atoms with van der Waals surface area (Å²) in [5.41, 5.74) is -1.42. The third-order valence-corrected chi connectivity index (χ3v) is 3.00. The molecule has 15 heavy (non-hydrogen) atoms. The molecule has 1 heterocycles. The number of cyclic esters (lactones) is 2. The van der Waals surface area contributed by atoms with Crippen LogP contribution in [0.15, 0.2) is 0 Å². The molecule has 1 rings (SSSR count). The fourth-order valence-corrected chi connectivity index (χ4v) is 1.51. The first-order valence-corrected chi connectivity index (χ1v) is 4.82. The maximum Gasteiger partial charge on any atom is 0.509 e. The molecule has 1 fully saturated rings. The zero-order chi connectivity index (χ0) is 11.7. The van der Waals surface area contributed by atoms with Crippen LogP contribution in [0.4, 0.5) is 4.79 Å². The summed E-state index contributed by atoms with van der Waals surface area (Å²) < 4.78 is 20.4. The Kier molecular flexibility index (Phi) is 3.25. The highest BCUT2D eigenvalue weighted by Crippen LogP contribution is 2.40. The minimum absolute atomic E-state index is 0.413. The monoisotopic (exact) mass is 218 g/mol. The van der Waals surface area contributed by atoms with E-state index in [1.807, 2.05) is 6.92 Å². The van der Waals surface area contributed by atoms with Crippen molar-refractivity contribution in [2.45, 2.75) is 44.7 Å². The van der Waals surface area contributed by atoms with Gasteiger partial charge in [0.1, 0.15) is 5.60 Å². The van der Waals surface area contributed by atoms with Gasteiger partial charge in [-0.1, -0.05) is 0 Å². The average Bonchev–Trinajstić information content (AvgIpc) is 2.31.